The van der Waals surface area contributed by atoms with Crippen molar-refractivity contribution in [1.29, 1.82) is 0 Å². The minimum atomic E-state index is 0.252. The lowest BCUT2D eigenvalue weighted by molar-refractivity contribution is 0.260. The predicted molar refractivity (Wildman–Crippen MR) is 72.4 cm³/mol. The van der Waals surface area contributed by atoms with Crippen molar-refractivity contribution in [2.45, 2.75) is 19.9 Å². The molecule has 0 aliphatic rings. The second-order valence-electron chi connectivity index (χ2n) is 4.37. The lowest BCUT2D eigenvalue weighted by atomic mass is 10.1. The van der Waals surface area contributed by atoms with Crippen molar-refractivity contribution >= 4 is 11.3 Å². The fourth-order valence-electron chi connectivity index (χ4n) is 1.67. The number of hydrogen-bond donors (Lipinski definition) is 2. The maximum atomic E-state index is 8.81. The van der Waals surface area contributed by atoms with Gasteiger partial charge in [0.1, 0.15) is 0 Å². The molecule has 0 aliphatic carbocycles. The molecule has 0 radical (unpaired) electrons. The summed E-state index contributed by atoms with van der Waals surface area (Å²) in [6.45, 7) is 4.03. The molecule has 2 aromatic rings. The number of nitrogens with one attached hydrogen (secondary N) is 1. The molecule has 1 atom stereocenters. The third-order valence-corrected chi connectivity index (χ3v) is 3.61. The second-order valence-corrected chi connectivity index (χ2v) is 5.23. The van der Waals surface area contributed by atoms with Gasteiger partial charge < -0.3 is 14.8 Å². The number of nitrogens with zero attached hydrogens (tertiary/aromatic N) is 1. The van der Waals surface area contributed by atoms with Gasteiger partial charge >= 0.3 is 0 Å². The van der Waals surface area contributed by atoms with Crippen LogP contribution in [0.15, 0.2) is 28.2 Å². The molecule has 1 unspecified atom stereocenters. The van der Waals surface area contributed by atoms with Gasteiger partial charge in [0.15, 0.2) is 10.8 Å². The number of thiazole rings is 1. The van der Waals surface area contributed by atoms with Gasteiger partial charge in [-0.25, -0.2) is 4.98 Å². The third kappa shape index (κ3) is 3.66. The molecule has 2 aromatic heterocycles. The molecule has 0 aromatic carbocycles. The molecule has 0 spiro atoms. The van der Waals surface area contributed by atoms with Crippen LogP contribution in [0.5, 0.6) is 0 Å². The molecule has 0 saturated heterocycles. The van der Waals surface area contributed by atoms with E-state index in [-0.39, 0.29) is 6.61 Å². The molecule has 98 valence electrons. The van der Waals surface area contributed by atoms with Crippen molar-refractivity contribution in [2.75, 3.05) is 13.2 Å². The number of rotatable bonds is 7. The highest BCUT2D eigenvalue weighted by Gasteiger charge is 2.07. The van der Waals surface area contributed by atoms with Gasteiger partial charge in [-0.3, -0.25) is 0 Å². The van der Waals surface area contributed by atoms with E-state index in [9.17, 15) is 0 Å². The van der Waals surface area contributed by atoms with Crippen LogP contribution in [0, 0.1) is 5.92 Å². The fraction of sp³-hybridized carbons (Fsp3) is 0.462. The van der Waals surface area contributed by atoms with E-state index in [4.69, 9.17) is 9.52 Å². The first-order valence-corrected chi connectivity index (χ1v) is 6.97. The van der Waals surface area contributed by atoms with Crippen LogP contribution < -0.4 is 5.32 Å². The molecule has 2 rings (SSSR count). The number of furan rings is 1. The second kappa shape index (κ2) is 6.68. The number of aliphatic hydroxyl groups excluding tert-OH is 1. The van der Waals surface area contributed by atoms with E-state index in [1.54, 1.807) is 17.6 Å². The van der Waals surface area contributed by atoms with E-state index in [0.29, 0.717) is 5.92 Å². The Hall–Kier alpha value is -1.17. The van der Waals surface area contributed by atoms with Gasteiger partial charge in [0.05, 0.1) is 12.0 Å². The van der Waals surface area contributed by atoms with Crippen LogP contribution in [0.4, 0.5) is 0 Å². The molecule has 18 heavy (non-hydrogen) atoms. The Kier molecular flexibility index (Phi) is 4.92. The van der Waals surface area contributed by atoms with Crippen molar-refractivity contribution < 1.29 is 9.52 Å². The number of aromatic nitrogens is 1. The SMILES string of the molecule is CC(CCO)CNCc1csc(-c2ccco2)n1. The van der Waals surface area contributed by atoms with E-state index in [0.717, 1.165) is 36.0 Å². The Morgan fingerprint density at radius 1 is 1.56 bits per heavy atom. The first kappa shape index (κ1) is 13.3. The first-order chi connectivity index (χ1) is 8.79. The van der Waals surface area contributed by atoms with Crippen molar-refractivity contribution in [1.82, 2.24) is 10.3 Å². The quantitative estimate of drug-likeness (QED) is 0.808. The van der Waals surface area contributed by atoms with Crippen LogP contribution in [0.2, 0.25) is 0 Å². The topological polar surface area (TPSA) is 58.3 Å². The van der Waals surface area contributed by atoms with Crippen LogP contribution in [-0.4, -0.2) is 23.2 Å². The molecule has 0 saturated carbocycles. The summed E-state index contributed by atoms with van der Waals surface area (Å²) >= 11 is 1.59. The maximum absolute atomic E-state index is 8.81. The lowest BCUT2D eigenvalue weighted by Crippen LogP contribution is -2.21. The summed E-state index contributed by atoms with van der Waals surface area (Å²) in [5.74, 6) is 1.30. The van der Waals surface area contributed by atoms with Gasteiger partial charge in [-0.15, -0.1) is 11.3 Å². The maximum Gasteiger partial charge on any atom is 0.162 e. The molecule has 0 bridgehead atoms. The van der Waals surface area contributed by atoms with Crippen LogP contribution in [0.25, 0.3) is 10.8 Å². The first-order valence-electron chi connectivity index (χ1n) is 6.09. The summed E-state index contributed by atoms with van der Waals surface area (Å²) in [4.78, 5) is 4.51. The van der Waals surface area contributed by atoms with Gasteiger partial charge in [-0.2, -0.15) is 0 Å². The summed E-state index contributed by atoms with van der Waals surface area (Å²) < 4.78 is 5.31. The van der Waals surface area contributed by atoms with Crippen LogP contribution >= 0.6 is 11.3 Å². The molecule has 0 aliphatic heterocycles. The third-order valence-electron chi connectivity index (χ3n) is 2.70. The molecule has 2 heterocycles. The summed E-state index contributed by atoms with van der Waals surface area (Å²) in [5, 5.41) is 15.1. The Morgan fingerprint density at radius 2 is 2.44 bits per heavy atom. The molecular formula is C13H18N2O2S. The lowest BCUT2D eigenvalue weighted by Gasteiger charge is -2.09. The van der Waals surface area contributed by atoms with E-state index in [1.807, 2.05) is 17.5 Å². The van der Waals surface area contributed by atoms with Gasteiger partial charge in [0, 0.05) is 18.5 Å². The van der Waals surface area contributed by atoms with Crippen LogP contribution in [0.3, 0.4) is 0 Å². The van der Waals surface area contributed by atoms with E-state index >= 15 is 0 Å². The minimum absolute atomic E-state index is 0.252. The average molecular weight is 266 g/mol. The smallest absolute Gasteiger partial charge is 0.162 e. The number of hydrogen-bond acceptors (Lipinski definition) is 5. The summed E-state index contributed by atoms with van der Waals surface area (Å²) in [6, 6.07) is 3.78. The van der Waals surface area contributed by atoms with Crippen molar-refractivity contribution in [3.8, 4) is 10.8 Å². The van der Waals surface area contributed by atoms with E-state index < -0.39 is 0 Å². The zero-order valence-electron chi connectivity index (χ0n) is 10.4. The van der Waals surface area contributed by atoms with Gasteiger partial charge in [-0.1, -0.05) is 6.92 Å². The Labute approximate surface area is 111 Å². The molecule has 0 amide bonds. The largest absolute Gasteiger partial charge is 0.462 e. The summed E-state index contributed by atoms with van der Waals surface area (Å²) in [5.41, 5.74) is 1.03. The molecule has 2 N–H and O–H groups in total. The summed E-state index contributed by atoms with van der Waals surface area (Å²) in [7, 11) is 0. The molecule has 0 fully saturated rings. The molecule has 4 nitrogen and oxygen atoms in total. The summed E-state index contributed by atoms with van der Waals surface area (Å²) in [6.07, 6.45) is 2.49. The van der Waals surface area contributed by atoms with Gasteiger partial charge in [0.2, 0.25) is 0 Å². The zero-order chi connectivity index (χ0) is 12.8. The normalized spacial score (nSPS) is 12.8. The standard InChI is InChI=1S/C13H18N2O2S/c1-10(4-5-16)7-14-8-11-9-18-13(15-11)12-3-2-6-17-12/h2-3,6,9-10,14,16H,4-5,7-8H2,1H3. The average Bonchev–Trinajstić information content (AvgIpc) is 2.99. The van der Waals surface area contributed by atoms with Crippen molar-refractivity contribution in [2.24, 2.45) is 5.92 Å². The van der Waals surface area contributed by atoms with Gasteiger partial charge in [-0.05, 0) is 31.0 Å². The Bertz CT molecular complexity index is 453. The van der Waals surface area contributed by atoms with Crippen molar-refractivity contribution in [3.63, 3.8) is 0 Å². The van der Waals surface area contributed by atoms with Crippen LogP contribution in [0.1, 0.15) is 19.0 Å². The number of aliphatic hydroxyl groups is 1. The highest BCUT2D eigenvalue weighted by molar-refractivity contribution is 7.13. The highest BCUT2D eigenvalue weighted by Crippen LogP contribution is 2.23. The van der Waals surface area contributed by atoms with E-state index in [2.05, 4.69) is 17.2 Å². The van der Waals surface area contributed by atoms with Crippen molar-refractivity contribution in [3.05, 3.63) is 29.5 Å². The monoisotopic (exact) mass is 266 g/mol. The highest BCUT2D eigenvalue weighted by atomic mass is 32.1. The Morgan fingerprint density at radius 3 is 3.17 bits per heavy atom. The molecular weight excluding hydrogens is 248 g/mol. The zero-order valence-corrected chi connectivity index (χ0v) is 11.2. The van der Waals surface area contributed by atoms with Gasteiger partial charge in [0.25, 0.3) is 0 Å². The fourth-order valence-corrected chi connectivity index (χ4v) is 2.46. The molecule has 5 heteroatoms. The minimum Gasteiger partial charge on any atom is -0.462 e. The van der Waals surface area contributed by atoms with E-state index in [1.165, 1.54) is 0 Å². The van der Waals surface area contributed by atoms with Crippen LogP contribution in [-0.2, 0) is 6.54 Å². The predicted octanol–water partition coefficient (Wildman–Crippen LogP) is 2.51. The Balaban J connectivity index is 1.81.